The highest BCUT2D eigenvalue weighted by molar-refractivity contribution is 5.88. The van der Waals surface area contributed by atoms with Crippen molar-refractivity contribution >= 4 is 17.0 Å². The van der Waals surface area contributed by atoms with Gasteiger partial charge < -0.3 is 9.47 Å². The van der Waals surface area contributed by atoms with Crippen LogP contribution in [0.3, 0.4) is 0 Å². The normalized spacial score (nSPS) is 11.8. The number of carbonyl (C=O) groups excluding carboxylic acids is 1. The van der Waals surface area contributed by atoms with Crippen LogP contribution in [-0.2, 0) is 11.3 Å². The molecule has 9 nitrogen and oxygen atoms in total. The number of hydrogen-bond acceptors (Lipinski definition) is 7. The number of methoxy groups -OCH3 is 1. The van der Waals surface area contributed by atoms with Gasteiger partial charge in [0.05, 0.1) is 25.5 Å². The summed E-state index contributed by atoms with van der Waals surface area (Å²) < 4.78 is 27.5. The van der Waals surface area contributed by atoms with Crippen molar-refractivity contribution in [1.82, 2.24) is 29.5 Å². The highest BCUT2D eigenvalue weighted by atomic mass is 19.1. The molecule has 27 heavy (non-hydrogen) atoms. The monoisotopic (exact) mass is 376 g/mol. The Morgan fingerprint density at radius 3 is 2.67 bits per heavy atom. The molecule has 0 aliphatic carbocycles. The molecule has 0 aliphatic rings. The molecule has 0 spiro atoms. The van der Waals surface area contributed by atoms with E-state index in [1.807, 2.05) is 20.8 Å². The van der Waals surface area contributed by atoms with Crippen LogP contribution in [0.5, 0.6) is 5.88 Å². The zero-order chi connectivity index (χ0) is 19.8. The number of aromatic nitrogens is 6. The Morgan fingerprint density at radius 1 is 1.30 bits per heavy atom. The van der Waals surface area contributed by atoms with Crippen molar-refractivity contribution in [3.05, 3.63) is 23.9 Å². The summed E-state index contributed by atoms with van der Waals surface area (Å²) in [6.45, 7) is 8.46. The Hall–Kier alpha value is -3.04. The van der Waals surface area contributed by atoms with Gasteiger partial charge in [0.15, 0.2) is 11.0 Å². The summed E-state index contributed by atoms with van der Waals surface area (Å²) in [4.78, 5) is 20.3. The van der Waals surface area contributed by atoms with Crippen LogP contribution in [0.25, 0.3) is 17.0 Å². The summed E-state index contributed by atoms with van der Waals surface area (Å²) in [6, 6.07) is 0. The summed E-state index contributed by atoms with van der Waals surface area (Å²) in [5.74, 6) is -1.01. The predicted molar refractivity (Wildman–Crippen MR) is 94.4 cm³/mol. The lowest BCUT2D eigenvalue weighted by atomic mass is 9.97. The van der Waals surface area contributed by atoms with Crippen LogP contribution in [0.2, 0.25) is 0 Å². The molecule has 0 saturated heterocycles. The fourth-order valence-corrected chi connectivity index (χ4v) is 2.56. The molecule has 0 amide bonds. The lowest BCUT2D eigenvalue weighted by Gasteiger charge is -2.18. The van der Waals surface area contributed by atoms with Crippen molar-refractivity contribution in [3.8, 4) is 11.8 Å². The Labute approximate surface area is 155 Å². The third kappa shape index (κ3) is 3.74. The molecule has 3 rings (SSSR count). The third-order valence-corrected chi connectivity index (χ3v) is 3.62. The summed E-state index contributed by atoms with van der Waals surface area (Å²) in [5.41, 5.74) is 0.496. The SMILES string of the molecule is CCOC(=O)c1cnn(-c2nc(OC)c3c(n2)c(F)nn3CC(C)(C)C)c1. The van der Waals surface area contributed by atoms with E-state index in [1.54, 1.807) is 6.92 Å². The second-order valence-electron chi connectivity index (χ2n) is 7.13. The standard InChI is InChI=1S/C17H21FN6O3/c1-6-27-15(25)10-7-19-23(8-10)16-20-11-12(14(21-16)26-5)24(22-13(11)18)9-17(2,3)4/h7-8H,6,9H2,1-5H3. The van der Waals surface area contributed by atoms with E-state index in [0.717, 1.165) is 0 Å². The van der Waals surface area contributed by atoms with Crippen LogP contribution in [0.1, 0.15) is 38.1 Å². The second kappa shape index (κ2) is 6.93. The first-order valence-electron chi connectivity index (χ1n) is 8.43. The average molecular weight is 376 g/mol. The Kier molecular flexibility index (Phi) is 4.81. The quantitative estimate of drug-likeness (QED) is 0.631. The zero-order valence-electron chi connectivity index (χ0n) is 15.9. The van der Waals surface area contributed by atoms with E-state index in [1.165, 1.54) is 28.9 Å². The molecular weight excluding hydrogens is 355 g/mol. The van der Waals surface area contributed by atoms with Gasteiger partial charge in [-0.1, -0.05) is 20.8 Å². The van der Waals surface area contributed by atoms with Gasteiger partial charge in [0.2, 0.25) is 5.88 Å². The van der Waals surface area contributed by atoms with Gasteiger partial charge in [0.25, 0.3) is 11.9 Å². The summed E-state index contributed by atoms with van der Waals surface area (Å²) in [5, 5.41) is 7.99. The minimum absolute atomic E-state index is 0.0225. The largest absolute Gasteiger partial charge is 0.479 e. The van der Waals surface area contributed by atoms with E-state index < -0.39 is 11.9 Å². The number of nitrogens with zero attached hydrogens (tertiary/aromatic N) is 6. The van der Waals surface area contributed by atoms with Crippen molar-refractivity contribution in [1.29, 1.82) is 0 Å². The first kappa shape index (κ1) is 18.7. The van der Waals surface area contributed by atoms with E-state index >= 15 is 0 Å². The predicted octanol–water partition coefficient (Wildman–Crippen LogP) is 2.38. The van der Waals surface area contributed by atoms with Crippen molar-refractivity contribution in [2.45, 2.75) is 34.2 Å². The smallest absolute Gasteiger partial charge is 0.341 e. The maximum atomic E-state index is 14.4. The molecule has 0 atom stereocenters. The molecule has 10 heteroatoms. The van der Waals surface area contributed by atoms with Gasteiger partial charge >= 0.3 is 5.97 Å². The zero-order valence-corrected chi connectivity index (χ0v) is 15.9. The van der Waals surface area contributed by atoms with Gasteiger partial charge in [0.1, 0.15) is 0 Å². The fraction of sp³-hybridized carbons (Fsp3) is 0.471. The van der Waals surface area contributed by atoms with Crippen molar-refractivity contribution in [2.24, 2.45) is 5.41 Å². The number of hydrogen-bond donors (Lipinski definition) is 0. The summed E-state index contributed by atoms with van der Waals surface area (Å²) in [6.07, 6.45) is 2.74. The first-order chi connectivity index (χ1) is 12.7. The summed E-state index contributed by atoms with van der Waals surface area (Å²) >= 11 is 0. The van der Waals surface area contributed by atoms with Crippen molar-refractivity contribution in [2.75, 3.05) is 13.7 Å². The number of esters is 1. The topological polar surface area (TPSA) is 96.9 Å². The van der Waals surface area contributed by atoms with Gasteiger partial charge in [-0.25, -0.2) is 14.5 Å². The van der Waals surface area contributed by atoms with Crippen LogP contribution in [0.15, 0.2) is 12.4 Å². The molecule has 3 aromatic rings. The number of carbonyl (C=O) groups is 1. The van der Waals surface area contributed by atoms with E-state index in [-0.39, 0.29) is 34.9 Å². The molecule has 0 saturated carbocycles. The Balaban J connectivity index is 2.09. The number of rotatable bonds is 5. The van der Waals surface area contributed by atoms with Crippen LogP contribution in [0, 0.1) is 11.4 Å². The van der Waals surface area contributed by atoms with Gasteiger partial charge in [0, 0.05) is 12.7 Å². The average Bonchev–Trinajstić information content (AvgIpc) is 3.19. The second-order valence-corrected chi connectivity index (χ2v) is 7.13. The highest BCUT2D eigenvalue weighted by Crippen LogP contribution is 2.28. The number of fused-ring (bicyclic) bond motifs is 1. The highest BCUT2D eigenvalue weighted by Gasteiger charge is 2.23. The molecule has 0 bridgehead atoms. The van der Waals surface area contributed by atoms with E-state index in [9.17, 15) is 9.18 Å². The number of halogens is 1. The van der Waals surface area contributed by atoms with Crippen LogP contribution < -0.4 is 4.74 Å². The maximum Gasteiger partial charge on any atom is 0.341 e. The lowest BCUT2D eigenvalue weighted by molar-refractivity contribution is 0.0526. The van der Waals surface area contributed by atoms with E-state index in [0.29, 0.717) is 12.1 Å². The molecule has 0 aliphatic heterocycles. The van der Waals surface area contributed by atoms with E-state index in [4.69, 9.17) is 9.47 Å². The fourth-order valence-electron chi connectivity index (χ4n) is 2.56. The van der Waals surface area contributed by atoms with Crippen molar-refractivity contribution in [3.63, 3.8) is 0 Å². The molecule has 0 unspecified atom stereocenters. The Bertz CT molecular complexity index is 989. The number of ether oxygens (including phenoxy) is 2. The molecule has 3 aromatic heterocycles. The maximum absolute atomic E-state index is 14.4. The lowest BCUT2D eigenvalue weighted by Crippen LogP contribution is -2.17. The first-order valence-corrected chi connectivity index (χ1v) is 8.43. The molecule has 0 radical (unpaired) electrons. The van der Waals surface area contributed by atoms with E-state index in [2.05, 4.69) is 20.2 Å². The van der Waals surface area contributed by atoms with Crippen molar-refractivity contribution < 1.29 is 18.7 Å². The van der Waals surface area contributed by atoms with Crippen LogP contribution in [0.4, 0.5) is 4.39 Å². The molecule has 3 heterocycles. The van der Waals surface area contributed by atoms with Gasteiger partial charge in [-0.05, 0) is 12.3 Å². The molecule has 0 fully saturated rings. The third-order valence-electron chi connectivity index (χ3n) is 3.62. The molecule has 144 valence electrons. The Morgan fingerprint density at radius 2 is 2.04 bits per heavy atom. The molecule has 0 N–H and O–H groups in total. The van der Waals surface area contributed by atoms with Crippen LogP contribution in [-0.4, -0.2) is 49.2 Å². The van der Waals surface area contributed by atoms with Gasteiger partial charge in [-0.2, -0.15) is 14.5 Å². The van der Waals surface area contributed by atoms with Crippen LogP contribution >= 0.6 is 0 Å². The molecule has 0 aromatic carbocycles. The minimum Gasteiger partial charge on any atom is -0.479 e. The minimum atomic E-state index is -0.728. The molecular formula is C17H21FN6O3. The van der Waals surface area contributed by atoms with Gasteiger partial charge in [-0.15, -0.1) is 5.10 Å². The summed E-state index contributed by atoms with van der Waals surface area (Å²) in [7, 11) is 1.44. The van der Waals surface area contributed by atoms with Gasteiger partial charge in [-0.3, -0.25) is 4.68 Å².